The fourth-order valence-corrected chi connectivity index (χ4v) is 0. The van der Waals surface area contributed by atoms with Crippen molar-refractivity contribution in [1.29, 1.82) is 0 Å². The average molecular weight is 194 g/mol. The summed E-state index contributed by atoms with van der Waals surface area (Å²) in [6, 6.07) is 0. The Morgan fingerprint density at radius 3 is 1.80 bits per heavy atom. The second-order valence-corrected chi connectivity index (χ2v) is 8.48. The molecule has 0 amide bonds. The van der Waals surface area contributed by atoms with Crippen LogP contribution < -0.4 is 0 Å². The van der Waals surface area contributed by atoms with E-state index < -0.39 is 0 Å². The van der Waals surface area contributed by atoms with Crippen LogP contribution in [0.4, 0.5) is 0 Å². The zero-order valence-corrected chi connectivity index (χ0v) is 8.32. The number of hydrogen-bond acceptors (Lipinski definition) is 0. The number of hydrogen-bond donors (Lipinski definition) is 0. The minimum absolute atomic E-state index is 0.549. The van der Waals surface area contributed by atoms with Gasteiger partial charge in [-0.15, -0.1) is 0 Å². The molecule has 0 N–H and O–H groups in total. The normalized spacial score (nSPS) is 9.80. The van der Waals surface area contributed by atoms with Crippen molar-refractivity contribution in [2.75, 3.05) is 0 Å². The quantitative estimate of drug-likeness (QED) is 0.536. The molecule has 2 heteroatoms. The Morgan fingerprint density at radius 1 is 1.60 bits per heavy atom. The summed E-state index contributed by atoms with van der Waals surface area (Å²) in [5.41, 5.74) is 0. The first-order chi connectivity index (χ1) is 2.27. The maximum atomic E-state index is 2.31. The van der Waals surface area contributed by atoms with Gasteiger partial charge in [0.1, 0.15) is 0 Å². The molecule has 0 bridgehead atoms. The van der Waals surface area contributed by atoms with E-state index in [0.717, 1.165) is 3.97 Å². The summed E-state index contributed by atoms with van der Waals surface area (Å²) in [5.74, 6) is 0. The van der Waals surface area contributed by atoms with Crippen molar-refractivity contribution in [3.8, 4) is 0 Å². The maximum absolute atomic E-state index is 2.31. The van der Waals surface area contributed by atoms with Crippen LogP contribution in [0.15, 0.2) is 0 Å². The summed E-state index contributed by atoms with van der Waals surface area (Å²) in [7, 11) is 0. The molecule has 5 heavy (non-hydrogen) atoms. The molecule has 26 valence electrons. The molecule has 0 nitrogen and oxygen atoms in total. The molecular formula is C3H7NaTe. The van der Waals surface area contributed by atoms with Crippen LogP contribution in [-0.2, 0) is 0 Å². The first-order valence-electron chi connectivity index (χ1n) is 1.80. The molecule has 0 unspecified atom stereocenters. The van der Waals surface area contributed by atoms with Gasteiger partial charge < -0.3 is 0 Å². The fraction of sp³-hybridized carbons (Fsp3) is 1.00. The molecular weight excluding hydrogens is 187 g/mol. The summed E-state index contributed by atoms with van der Waals surface area (Å²) in [4.78, 5) is 0. The minimum atomic E-state index is 0.549. The molecule has 0 aliphatic carbocycles. The van der Waals surface area contributed by atoms with Crippen LogP contribution in [-0.4, -0.2) is 39.1 Å². The van der Waals surface area contributed by atoms with Gasteiger partial charge in [0.25, 0.3) is 0 Å². The van der Waals surface area contributed by atoms with E-state index in [1.54, 1.807) is 0 Å². The van der Waals surface area contributed by atoms with Gasteiger partial charge in [-0.25, -0.2) is 0 Å². The van der Waals surface area contributed by atoms with Crippen molar-refractivity contribution in [2.45, 2.75) is 17.8 Å². The number of rotatable bonds is 1. The Bertz CT molecular complexity index is 20.9. The summed E-state index contributed by atoms with van der Waals surface area (Å²) in [6.07, 6.45) is 0. The van der Waals surface area contributed by atoms with E-state index in [-0.39, 0.29) is 0 Å². The summed E-state index contributed by atoms with van der Waals surface area (Å²) in [5, 5.41) is 0. The van der Waals surface area contributed by atoms with Crippen LogP contribution in [0.3, 0.4) is 0 Å². The predicted molar refractivity (Wildman–Crippen MR) is 26.6 cm³/mol. The molecule has 0 saturated heterocycles. The van der Waals surface area contributed by atoms with Gasteiger partial charge in [0.15, 0.2) is 0 Å². The van der Waals surface area contributed by atoms with Crippen LogP contribution in [0.2, 0.25) is 3.97 Å². The van der Waals surface area contributed by atoms with E-state index >= 15 is 0 Å². The van der Waals surface area contributed by atoms with Gasteiger partial charge in [-0.3, -0.25) is 0 Å². The summed E-state index contributed by atoms with van der Waals surface area (Å²) < 4.78 is 1.08. The Balaban J connectivity index is 2.54. The van der Waals surface area contributed by atoms with Crippen molar-refractivity contribution in [2.24, 2.45) is 0 Å². The summed E-state index contributed by atoms with van der Waals surface area (Å²) >= 11 is 2.05. The molecule has 0 atom stereocenters. The second kappa shape index (κ2) is 3.96. The SMILES string of the molecule is CC(C)[Te][Na]. The van der Waals surface area contributed by atoms with Gasteiger partial charge in [0, 0.05) is 0 Å². The van der Waals surface area contributed by atoms with Gasteiger partial charge >= 0.3 is 56.9 Å². The zero-order valence-electron chi connectivity index (χ0n) is 3.99. The van der Waals surface area contributed by atoms with Crippen LogP contribution >= 0.6 is 0 Å². The zero-order chi connectivity index (χ0) is 4.28. The van der Waals surface area contributed by atoms with Crippen LogP contribution in [0, 0.1) is 0 Å². The molecule has 0 fully saturated rings. The van der Waals surface area contributed by atoms with Crippen molar-refractivity contribution in [3.05, 3.63) is 0 Å². The van der Waals surface area contributed by atoms with E-state index in [1.807, 2.05) is 0 Å². The first-order valence-corrected chi connectivity index (χ1v) is 11.0. The third-order valence-corrected chi connectivity index (χ3v) is 9.49. The molecule has 0 radical (unpaired) electrons. The monoisotopic (exact) mass is 196 g/mol. The van der Waals surface area contributed by atoms with Gasteiger partial charge in [0.05, 0.1) is 0 Å². The Kier molecular flexibility index (Phi) is 5.38. The molecule has 0 spiro atoms. The van der Waals surface area contributed by atoms with E-state index in [9.17, 15) is 0 Å². The predicted octanol–water partition coefficient (Wildman–Crippen LogP) is 0.602. The van der Waals surface area contributed by atoms with Crippen LogP contribution in [0.5, 0.6) is 0 Å². The molecule has 0 aliphatic rings. The van der Waals surface area contributed by atoms with E-state index in [4.69, 9.17) is 0 Å². The molecule has 0 rings (SSSR count). The fourth-order valence-electron chi connectivity index (χ4n) is 0. The van der Waals surface area contributed by atoms with Crippen molar-refractivity contribution < 1.29 is 0 Å². The average Bonchev–Trinajstić information content (AvgIpc) is 1.38. The van der Waals surface area contributed by atoms with Gasteiger partial charge in [-0.2, -0.15) is 0 Å². The Morgan fingerprint density at radius 2 is 1.80 bits per heavy atom. The third kappa shape index (κ3) is 5.79. The molecule has 0 aromatic carbocycles. The van der Waals surface area contributed by atoms with E-state index in [2.05, 4.69) is 13.8 Å². The second-order valence-electron chi connectivity index (χ2n) is 1.28. The van der Waals surface area contributed by atoms with Gasteiger partial charge in [0.2, 0.25) is 0 Å². The molecule has 0 aromatic heterocycles. The molecule has 0 saturated carbocycles. The molecule has 0 aliphatic heterocycles. The van der Waals surface area contributed by atoms with E-state index in [1.165, 1.54) is 23.5 Å². The van der Waals surface area contributed by atoms with Crippen molar-refractivity contribution in [1.82, 2.24) is 0 Å². The van der Waals surface area contributed by atoms with Gasteiger partial charge in [-0.1, -0.05) is 0 Å². The third-order valence-electron chi connectivity index (χ3n) is 0.471. The summed E-state index contributed by atoms with van der Waals surface area (Å²) in [6.45, 7) is 4.63. The van der Waals surface area contributed by atoms with Crippen molar-refractivity contribution >= 4 is 39.1 Å². The van der Waals surface area contributed by atoms with Crippen molar-refractivity contribution in [3.63, 3.8) is 0 Å². The van der Waals surface area contributed by atoms with Crippen LogP contribution in [0.1, 0.15) is 13.8 Å². The van der Waals surface area contributed by atoms with Gasteiger partial charge in [-0.05, 0) is 0 Å². The van der Waals surface area contributed by atoms with E-state index in [0.29, 0.717) is 15.5 Å². The Hall–Kier alpha value is 1.79. The topological polar surface area (TPSA) is 0 Å². The molecule has 0 heterocycles. The first kappa shape index (κ1) is 6.79. The molecule has 0 aromatic rings. The standard InChI is InChI=1S/C3H8Te.Na/c1-3(2)4;/h3-4H,1-2H3;/q;+1/p-1. The Labute approximate surface area is 56.1 Å². The van der Waals surface area contributed by atoms with Crippen LogP contribution in [0.25, 0.3) is 0 Å².